The van der Waals surface area contributed by atoms with Crippen LogP contribution in [0.15, 0.2) is 59.4 Å². The van der Waals surface area contributed by atoms with Crippen molar-refractivity contribution in [2.24, 2.45) is 0 Å². The van der Waals surface area contributed by atoms with E-state index >= 15 is 0 Å². The molecule has 1 aliphatic heterocycles. The van der Waals surface area contributed by atoms with Gasteiger partial charge in [-0.2, -0.15) is 0 Å². The number of para-hydroxylation sites is 2. The number of rotatable bonds is 3. The molecule has 0 aliphatic carbocycles. The largest absolute Gasteiger partial charge is 0.351 e. The molecule has 1 atom stereocenters. The van der Waals surface area contributed by atoms with Crippen LogP contribution in [0.1, 0.15) is 24.8 Å². The van der Waals surface area contributed by atoms with Crippen molar-refractivity contribution >= 4 is 16.9 Å². The third-order valence-corrected chi connectivity index (χ3v) is 4.91. The highest BCUT2D eigenvalue weighted by Crippen LogP contribution is 2.29. The van der Waals surface area contributed by atoms with E-state index in [1.54, 1.807) is 0 Å². The van der Waals surface area contributed by atoms with Crippen LogP contribution in [0, 0.1) is 0 Å². The van der Waals surface area contributed by atoms with Crippen LogP contribution in [0.5, 0.6) is 0 Å². The van der Waals surface area contributed by atoms with Crippen molar-refractivity contribution in [1.29, 1.82) is 0 Å². The number of nitrogens with zero attached hydrogens (tertiary/aromatic N) is 3. The Morgan fingerprint density at radius 1 is 1.08 bits per heavy atom. The van der Waals surface area contributed by atoms with Gasteiger partial charge in [-0.1, -0.05) is 42.5 Å². The Kier molecular flexibility index (Phi) is 3.81. The highest BCUT2D eigenvalue weighted by atomic mass is 16.1. The SMILES string of the molecule is CCn1c(=O)c(N2CC[C@H](c3ccccc3)C2)nc2ccccc21. The number of hydrogen-bond donors (Lipinski definition) is 0. The van der Waals surface area contributed by atoms with Crippen LogP contribution in [-0.2, 0) is 6.54 Å². The molecule has 1 saturated heterocycles. The molecule has 0 bridgehead atoms. The first-order chi connectivity index (χ1) is 11.8. The number of aryl methyl sites for hydroxylation is 1. The third kappa shape index (κ3) is 2.48. The summed E-state index contributed by atoms with van der Waals surface area (Å²) in [5.41, 5.74) is 3.16. The average Bonchev–Trinajstić information content (AvgIpc) is 3.12. The van der Waals surface area contributed by atoms with Crippen molar-refractivity contribution in [3.63, 3.8) is 0 Å². The van der Waals surface area contributed by atoms with E-state index < -0.39 is 0 Å². The predicted octanol–water partition coefficient (Wildman–Crippen LogP) is 3.41. The molecule has 0 amide bonds. The maximum Gasteiger partial charge on any atom is 0.293 e. The van der Waals surface area contributed by atoms with E-state index in [2.05, 4.69) is 34.1 Å². The van der Waals surface area contributed by atoms with Crippen molar-refractivity contribution < 1.29 is 0 Å². The van der Waals surface area contributed by atoms with Gasteiger partial charge >= 0.3 is 0 Å². The Morgan fingerprint density at radius 2 is 1.83 bits per heavy atom. The molecule has 2 aromatic carbocycles. The second kappa shape index (κ2) is 6.11. The van der Waals surface area contributed by atoms with Gasteiger partial charge in [-0.15, -0.1) is 0 Å². The summed E-state index contributed by atoms with van der Waals surface area (Å²) >= 11 is 0. The van der Waals surface area contributed by atoms with Crippen LogP contribution in [0.3, 0.4) is 0 Å². The zero-order valence-electron chi connectivity index (χ0n) is 13.9. The van der Waals surface area contributed by atoms with E-state index in [4.69, 9.17) is 0 Å². The van der Waals surface area contributed by atoms with E-state index in [9.17, 15) is 4.79 Å². The first-order valence-electron chi connectivity index (χ1n) is 8.57. The fraction of sp³-hybridized carbons (Fsp3) is 0.300. The zero-order valence-corrected chi connectivity index (χ0v) is 13.9. The summed E-state index contributed by atoms with van der Waals surface area (Å²) in [4.78, 5) is 19.7. The molecule has 1 aromatic heterocycles. The van der Waals surface area contributed by atoms with Crippen molar-refractivity contribution in [3.05, 3.63) is 70.5 Å². The molecule has 0 spiro atoms. The summed E-state index contributed by atoms with van der Waals surface area (Å²) in [7, 11) is 0. The lowest BCUT2D eigenvalue weighted by molar-refractivity contribution is 0.740. The van der Waals surface area contributed by atoms with E-state index in [1.807, 2.05) is 41.8 Å². The molecule has 0 unspecified atom stereocenters. The molecule has 4 heteroatoms. The summed E-state index contributed by atoms with van der Waals surface area (Å²) in [5.74, 6) is 1.06. The molecule has 24 heavy (non-hydrogen) atoms. The van der Waals surface area contributed by atoms with Crippen molar-refractivity contribution in [2.75, 3.05) is 18.0 Å². The van der Waals surface area contributed by atoms with E-state index in [0.717, 1.165) is 30.5 Å². The topological polar surface area (TPSA) is 38.1 Å². The van der Waals surface area contributed by atoms with Gasteiger partial charge in [-0.05, 0) is 31.0 Å². The summed E-state index contributed by atoms with van der Waals surface area (Å²) in [6.07, 6.45) is 1.06. The van der Waals surface area contributed by atoms with Crippen molar-refractivity contribution in [2.45, 2.75) is 25.8 Å². The highest BCUT2D eigenvalue weighted by Gasteiger charge is 2.27. The fourth-order valence-electron chi connectivity index (χ4n) is 3.65. The minimum Gasteiger partial charge on any atom is -0.351 e. The molecule has 0 radical (unpaired) electrons. The van der Waals surface area contributed by atoms with Crippen LogP contribution in [0.25, 0.3) is 11.0 Å². The summed E-state index contributed by atoms with van der Waals surface area (Å²) < 4.78 is 1.83. The Labute approximate surface area is 141 Å². The quantitative estimate of drug-likeness (QED) is 0.742. The van der Waals surface area contributed by atoms with Gasteiger partial charge in [0.25, 0.3) is 5.56 Å². The summed E-state index contributed by atoms with van der Waals surface area (Å²) in [6, 6.07) is 18.4. The maximum absolute atomic E-state index is 12.9. The lowest BCUT2D eigenvalue weighted by Crippen LogP contribution is -2.32. The number of aromatic nitrogens is 2. The van der Waals surface area contributed by atoms with E-state index in [-0.39, 0.29) is 5.56 Å². The second-order valence-electron chi connectivity index (χ2n) is 6.32. The molecular weight excluding hydrogens is 298 g/mol. The minimum absolute atomic E-state index is 0.0184. The average molecular weight is 319 g/mol. The predicted molar refractivity (Wildman–Crippen MR) is 97.7 cm³/mol. The zero-order chi connectivity index (χ0) is 16.5. The van der Waals surface area contributed by atoms with Gasteiger partial charge in [-0.25, -0.2) is 4.98 Å². The van der Waals surface area contributed by atoms with E-state index in [1.165, 1.54) is 5.56 Å². The van der Waals surface area contributed by atoms with Gasteiger partial charge in [0.2, 0.25) is 0 Å². The van der Waals surface area contributed by atoms with Gasteiger partial charge in [0, 0.05) is 25.6 Å². The Hall–Kier alpha value is -2.62. The van der Waals surface area contributed by atoms with Crippen LogP contribution < -0.4 is 10.5 Å². The van der Waals surface area contributed by atoms with Crippen LogP contribution in [-0.4, -0.2) is 22.6 Å². The number of hydrogen-bond acceptors (Lipinski definition) is 3. The first-order valence-corrected chi connectivity index (χ1v) is 8.57. The smallest absolute Gasteiger partial charge is 0.293 e. The fourth-order valence-corrected chi connectivity index (χ4v) is 3.65. The van der Waals surface area contributed by atoms with Crippen molar-refractivity contribution in [3.8, 4) is 0 Å². The Bertz CT molecular complexity index is 917. The van der Waals surface area contributed by atoms with Gasteiger partial charge in [0.15, 0.2) is 5.82 Å². The maximum atomic E-state index is 12.9. The van der Waals surface area contributed by atoms with Crippen molar-refractivity contribution in [1.82, 2.24) is 9.55 Å². The third-order valence-electron chi connectivity index (χ3n) is 4.91. The molecule has 0 saturated carbocycles. The Balaban J connectivity index is 1.73. The van der Waals surface area contributed by atoms with Crippen LogP contribution in [0.4, 0.5) is 5.82 Å². The summed E-state index contributed by atoms with van der Waals surface area (Å²) in [5, 5.41) is 0. The lowest BCUT2D eigenvalue weighted by atomic mass is 9.99. The molecule has 2 heterocycles. The van der Waals surface area contributed by atoms with Gasteiger partial charge < -0.3 is 9.47 Å². The van der Waals surface area contributed by atoms with Crippen LogP contribution in [0.2, 0.25) is 0 Å². The first kappa shape index (κ1) is 14.9. The standard InChI is InChI=1S/C20H21N3O/c1-2-23-18-11-7-6-10-17(18)21-19(20(23)24)22-13-12-16(14-22)15-8-4-3-5-9-15/h3-11,16H,2,12-14H2,1H3/t16-/m0/s1. The molecule has 1 aliphatic rings. The van der Waals surface area contributed by atoms with Gasteiger partial charge in [-0.3, -0.25) is 4.79 Å². The normalized spacial score (nSPS) is 17.5. The van der Waals surface area contributed by atoms with Gasteiger partial charge in [0.1, 0.15) is 0 Å². The molecule has 4 rings (SSSR count). The second-order valence-corrected chi connectivity index (χ2v) is 6.32. The van der Waals surface area contributed by atoms with Gasteiger partial charge in [0.05, 0.1) is 11.0 Å². The summed E-state index contributed by atoms with van der Waals surface area (Å²) in [6.45, 7) is 4.40. The minimum atomic E-state index is 0.0184. The van der Waals surface area contributed by atoms with E-state index in [0.29, 0.717) is 18.3 Å². The molecule has 4 nitrogen and oxygen atoms in total. The molecule has 3 aromatic rings. The molecular formula is C20H21N3O. The number of anilines is 1. The molecule has 1 fully saturated rings. The Morgan fingerprint density at radius 3 is 2.62 bits per heavy atom. The molecule has 0 N–H and O–H groups in total. The number of fused-ring (bicyclic) bond motifs is 1. The lowest BCUT2D eigenvalue weighted by Gasteiger charge is -2.19. The highest BCUT2D eigenvalue weighted by molar-refractivity contribution is 5.76. The monoisotopic (exact) mass is 319 g/mol. The van der Waals surface area contributed by atoms with Crippen LogP contribution >= 0.6 is 0 Å². The number of benzene rings is 2. The molecule has 122 valence electrons.